The zero-order valence-corrected chi connectivity index (χ0v) is 7.23. The molecule has 0 saturated heterocycles. The smallest absolute Gasteiger partial charge is 0.164 e. The van der Waals surface area contributed by atoms with Gasteiger partial charge in [0.2, 0.25) is 0 Å². The fourth-order valence-electron chi connectivity index (χ4n) is 0.425. The SMILES string of the molecule is FS(F)=C(C(F)(F)F)S(F)(F)(F)(F)F. The van der Waals surface area contributed by atoms with Crippen LogP contribution in [0, 0.1) is 0 Å². The normalized spacial score (nSPS) is 19.1. The fourth-order valence-corrected chi connectivity index (χ4v) is 1.99. The molecule has 0 aromatic heterocycles. The summed E-state index contributed by atoms with van der Waals surface area (Å²) in [5.41, 5.74) is 0. The fraction of sp³-hybridized carbons (Fsp3) is 0.500. The molecule has 12 heteroatoms. The molecule has 0 unspecified atom stereocenters. The molecule has 90 valence electrons. The van der Waals surface area contributed by atoms with Gasteiger partial charge in [-0.3, -0.25) is 0 Å². The molecule has 0 bridgehead atoms. The minimum absolute atomic E-state index is 4.89. The number of alkyl halides is 3. The highest BCUT2D eigenvalue weighted by Gasteiger charge is 2.77. The summed E-state index contributed by atoms with van der Waals surface area (Å²) in [6, 6.07) is 0. The van der Waals surface area contributed by atoms with Crippen LogP contribution in [-0.4, -0.2) is 10.4 Å². The van der Waals surface area contributed by atoms with E-state index in [1.54, 1.807) is 0 Å². The molecule has 0 radical (unpaired) electrons. The van der Waals surface area contributed by atoms with Gasteiger partial charge < -0.3 is 0 Å². The van der Waals surface area contributed by atoms with Crippen LogP contribution in [0.3, 0.4) is 0 Å². The number of halogens is 10. The van der Waals surface area contributed by atoms with Crippen molar-refractivity contribution in [1.82, 2.24) is 0 Å². The Bertz CT molecular complexity index is 270. The van der Waals surface area contributed by atoms with Crippen molar-refractivity contribution in [2.45, 2.75) is 6.18 Å². The monoisotopic (exact) mass is 278 g/mol. The lowest BCUT2D eigenvalue weighted by atomic mass is 10.8. The first-order chi connectivity index (χ1) is 5.55. The lowest BCUT2D eigenvalue weighted by molar-refractivity contribution is -0.0553. The molecule has 0 nitrogen and oxygen atoms in total. The molecule has 0 aliphatic carbocycles. The molecule has 0 heterocycles. The molecule has 0 spiro atoms. The van der Waals surface area contributed by atoms with Crippen LogP contribution in [0.5, 0.6) is 0 Å². The van der Waals surface area contributed by atoms with E-state index in [9.17, 15) is 40.4 Å². The molecule has 0 aliphatic rings. The van der Waals surface area contributed by atoms with E-state index in [1.165, 1.54) is 0 Å². The molecule has 0 saturated carbocycles. The maximum absolute atomic E-state index is 11.4. The minimum Gasteiger partial charge on any atom is -0.164 e. The van der Waals surface area contributed by atoms with E-state index < -0.39 is 31.9 Å². The highest BCUT2D eigenvalue weighted by molar-refractivity contribution is 8.62. The number of hydrogen-bond donors (Lipinski definition) is 0. The van der Waals surface area contributed by atoms with Crippen LogP contribution in [0.15, 0.2) is 0 Å². The van der Waals surface area contributed by atoms with Gasteiger partial charge in [-0.15, -0.1) is 7.77 Å². The van der Waals surface area contributed by atoms with Crippen molar-refractivity contribution in [1.29, 1.82) is 0 Å². The van der Waals surface area contributed by atoms with Gasteiger partial charge in [-0.2, -0.15) is 13.2 Å². The van der Waals surface area contributed by atoms with E-state index in [0.717, 1.165) is 0 Å². The van der Waals surface area contributed by atoms with E-state index in [-0.39, 0.29) is 0 Å². The minimum atomic E-state index is -11.3. The van der Waals surface area contributed by atoms with Crippen molar-refractivity contribution < 1.29 is 40.4 Å². The first kappa shape index (κ1) is 13.9. The van der Waals surface area contributed by atoms with Crippen molar-refractivity contribution >= 4 is 25.7 Å². The molecule has 0 N–H and O–H groups in total. The van der Waals surface area contributed by atoms with Gasteiger partial charge >= 0.3 is 16.4 Å². The average Bonchev–Trinajstić information content (AvgIpc) is 1.43. The molecular formula is C2F10S2. The van der Waals surface area contributed by atoms with Crippen LogP contribution >= 0.6 is 21.5 Å². The van der Waals surface area contributed by atoms with Gasteiger partial charge in [-0.25, -0.2) is 0 Å². The van der Waals surface area contributed by atoms with Crippen LogP contribution in [0.25, 0.3) is 0 Å². The van der Waals surface area contributed by atoms with E-state index in [2.05, 4.69) is 0 Å². The van der Waals surface area contributed by atoms with Gasteiger partial charge in [0.25, 0.3) is 4.20 Å². The summed E-state index contributed by atoms with van der Waals surface area (Å²) in [6.45, 7) is 0. The van der Waals surface area contributed by atoms with E-state index in [0.29, 0.717) is 0 Å². The van der Waals surface area contributed by atoms with Crippen LogP contribution in [0.4, 0.5) is 40.4 Å². The first-order valence-electron chi connectivity index (χ1n) is 2.31. The van der Waals surface area contributed by atoms with Gasteiger partial charge in [-0.1, -0.05) is 19.4 Å². The van der Waals surface area contributed by atoms with Crippen molar-refractivity contribution in [3.05, 3.63) is 0 Å². The molecule has 0 rings (SSSR count). The van der Waals surface area contributed by atoms with Crippen LogP contribution in [0.2, 0.25) is 0 Å². The first-order valence-corrected chi connectivity index (χ1v) is 5.28. The molecule has 0 aromatic carbocycles. The lowest BCUT2D eigenvalue weighted by Gasteiger charge is -2.41. The third-order valence-electron chi connectivity index (χ3n) is 0.722. The summed E-state index contributed by atoms with van der Waals surface area (Å²) in [5, 5.41) is 0. The Morgan fingerprint density at radius 3 is 1.14 bits per heavy atom. The van der Waals surface area contributed by atoms with Crippen molar-refractivity contribution in [2.75, 3.05) is 0 Å². The maximum atomic E-state index is 11.4. The zero-order valence-electron chi connectivity index (χ0n) is 5.60. The Morgan fingerprint density at radius 2 is 1.14 bits per heavy atom. The third-order valence-corrected chi connectivity index (χ3v) is 3.49. The quantitative estimate of drug-likeness (QED) is 0.431. The summed E-state index contributed by atoms with van der Waals surface area (Å²) in [5.74, 6) is 0. The van der Waals surface area contributed by atoms with E-state index in [1.807, 2.05) is 0 Å². The molecule has 0 fully saturated rings. The Morgan fingerprint density at radius 1 is 0.857 bits per heavy atom. The van der Waals surface area contributed by atoms with Gasteiger partial charge in [-0.05, 0) is 0 Å². The summed E-state index contributed by atoms with van der Waals surface area (Å²) in [7, 11) is -11.3. The van der Waals surface area contributed by atoms with Gasteiger partial charge in [0, 0.05) is 0 Å². The Hall–Kier alpha value is -0.130. The van der Waals surface area contributed by atoms with E-state index >= 15 is 0 Å². The summed E-state index contributed by atoms with van der Waals surface area (Å²) >= 11 is -5.60. The van der Waals surface area contributed by atoms with Gasteiger partial charge in [0.15, 0.2) is 11.3 Å². The van der Waals surface area contributed by atoms with Crippen molar-refractivity contribution in [2.24, 2.45) is 0 Å². The third kappa shape index (κ3) is 3.55. The standard InChI is InChI=1S/C2F10S2/c3-2(4,5)1(13(6)7)14(8,9,10,11)12. The summed E-state index contributed by atoms with van der Waals surface area (Å²) in [4.78, 5) is 0. The lowest BCUT2D eigenvalue weighted by Crippen LogP contribution is -2.33. The van der Waals surface area contributed by atoms with Gasteiger partial charge in [0.05, 0.1) is 0 Å². The second kappa shape index (κ2) is 2.51. The summed E-state index contributed by atoms with van der Waals surface area (Å²) < 4.78 is 108. The Labute approximate surface area is 73.1 Å². The highest BCUT2D eigenvalue weighted by Crippen LogP contribution is 3.00. The Balaban J connectivity index is 5.94. The second-order valence-corrected chi connectivity index (χ2v) is 5.40. The Kier molecular flexibility index (Phi) is 2.49. The average molecular weight is 278 g/mol. The highest BCUT2D eigenvalue weighted by atomic mass is 32.5. The predicted octanol–water partition coefficient (Wildman–Crippen LogP) is 5.02. The second-order valence-electron chi connectivity index (χ2n) is 1.97. The molecular weight excluding hydrogens is 278 g/mol. The summed E-state index contributed by atoms with van der Waals surface area (Å²) in [6.07, 6.45) is -6.80. The van der Waals surface area contributed by atoms with Gasteiger partial charge in [0.1, 0.15) is 0 Å². The van der Waals surface area contributed by atoms with Crippen LogP contribution in [-0.2, 0) is 0 Å². The maximum Gasteiger partial charge on any atom is 0.441 e. The number of rotatable bonds is 0. The van der Waals surface area contributed by atoms with E-state index in [4.69, 9.17) is 0 Å². The molecule has 0 atom stereocenters. The topological polar surface area (TPSA) is 0 Å². The zero-order chi connectivity index (χ0) is 12.1. The predicted molar refractivity (Wildman–Crippen MR) is 34.0 cm³/mol. The largest absolute Gasteiger partial charge is 0.441 e. The molecule has 0 aliphatic heterocycles. The van der Waals surface area contributed by atoms with Crippen molar-refractivity contribution in [3.63, 3.8) is 0 Å². The van der Waals surface area contributed by atoms with Crippen LogP contribution < -0.4 is 0 Å². The molecule has 14 heavy (non-hydrogen) atoms. The molecule has 0 amide bonds. The molecule has 0 aromatic rings. The van der Waals surface area contributed by atoms with Crippen molar-refractivity contribution in [3.8, 4) is 0 Å². The number of hydrogen-bond acceptors (Lipinski definition) is 0. The van der Waals surface area contributed by atoms with Crippen LogP contribution in [0.1, 0.15) is 0 Å².